The number of aliphatic hydroxyl groups is 6. The molecule has 4 saturated carbocycles. The predicted molar refractivity (Wildman–Crippen MR) is 168 cm³/mol. The number of ether oxygens (including phenoxy) is 3. The first kappa shape index (κ1) is 34.7. The fourth-order valence-corrected chi connectivity index (χ4v) is 12.4. The van der Waals surface area contributed by atoms with E-state index in [2.05, 4.69) is 33.8 Å². The summed E-state index contributed by atoms with van der Waals surface area (Å²) in [6, 6.07) is 0. The molecule has 0 aromatic carbocycles. The number of esters is 1. The van der Waals surface area contributed by atoms with Crippen molar-refractivity contribution in [3.05, 3.63) is 11.6 Å². The van der Waals surface area contributed by atoms with Crippen LogP contribution in [0.25, 0.3) is 0 Å². The molecule has 16 atom stereocenters. The van der Waals surface area contributed by atoms with Crippen LogP contribution in [0.3, 0.4) is 0 Å². The number of hydrogen-bond acceptors (Lipinski definition) is 10. The maximum absolute atomic E-state index is 13.6. The minimum absolute atomic E-state index is 0.0116. The van der Waals surface area contributed by atoms with Crippen molar-refractivity contribution in [3.63, 3.8) is 0 Å². The van der Waals surface area contributed by atoms with Gasteiger partial charge in [0.25, 0.3) is 0 Å². The molecular formula is C36H58O10. The monoisotopic (exact) mass is 650 g/mol. The Morgan fingerprint density at radius 3 is 2.22 bits per heavy atom. The quantitative estimate of drug-likeness (QED) is 0.152. The highest BCUT2D eigenvalue weighted by molar-refractivity contribution is 5.79. The van der Waals surface area contributed by atoms with Crippen LogP contribution in [-0.2, 0) is 19.0 Å². The van der Waals surface area contributed by atoms with Crippen molar-refractivity contribution in [1.29, 1.82) is 0 Å². The first-order valence-electron chi connectivity index (χ1n) is 17.5. The van der Waals surface area contributed by atoms with Gasteiger partial charge in [-0.15, -0.1) is 0 Å². The van der Waals surface area contributed by atoms with E-state index >= 15 is 0 Å². The van der Waals surface area contributed by atoms with Crippen molar-refractivity contribution in [2.45, 2.75) is 142 Å². The summed E-state index contributed by atoms with van der Waals surface area (Å²) < 4.78 is 17.2. The zero-order valence-electron chi connectivity index (χ0n) is 28.9. The molecule has 0 amide bonds. The van der Waals surface area contributed by atoms with E-state index < -0.39 is 64.8 Å². The second-order valence-corrected chi connectivity index (χ2v) is 17.5. The Labute approximate surface area is 273 Å². The topological polar surface area (TPSA) is 166 Å². The Bertz CT molecular complexity index is 1250. The molecule has 10 heteroatoms. The van der Waals surface area contributed by atoms with E-state index in [1.807, 2.05) is 20.8 Å². The molecule has 46 heavy (non-hydrogen) atoms. The number of carbonyl (C=O) groups is 1. The van der Waals surface area contributed by atoms with E-state index in [1.54, 1.807) is 0 Å². The standard InChI is InChI=1S/C36H58O10/c1-18-11-14-36(30(42)44-8)16-15-32(4)19(26(36)35(18,7)43)9-10-22-33(32,5)13-12-21-31(2,3)28(25(40)27(41)34(21,22)6)46-29-24(39)23(38)20(37)17-45-29/h9,18,20-29,37-41,43H,10-17H2,1-8H3. The number of methoxy groups -OCH3 is 1. The predicted octanol–water partition coefficient (Wildman–Crippen LogP) is 2.70. The number of aliphatic hydroxyl groups excluding tert-OH is 5. The summed E-state index contributed by atoms with van der Waals surface area (Å²) in [6.07, 6.45) is -1.43. The van der Waals surface area contributed by atoms with Gasteiger partial charge in [-0.25, -0.2) is 0 Å². The highest BCUT2D eigenvalue weighted by Crippen LogP contribution is 2.76. The molecule has 262 valence electrons. The van der Waals surface area contributed by atoms with Crippen molar-refractivity contribution in [2.75, 3.05) is 13.7 Å². The third kappa shape index (κ3) is 4.26. The van der Waals surface area contributed by atoms with Gasteiger partial charge < -0.3 is 44.8 Å². The average Bonchev–Trinajstić information content (AvgIpc) is 3.00. The summed E-state index contributed by atoms with van der Waals surface area (Å²) >= 11 is 0. The summed E-state index contributed by atoms with van der Waals surface area (Å²) in [5.74, 6) is -0.663. The zero-order valence-corrected chi connectivity index (χ0v) is 28.9. The summed E-state index contributed by atoms with van der Waals surface area (Å²) in [4.78, 5) is 13.6. The van der Waals surface area contributed by atoms with Gasteiger partial charge in [-0.3, -0.25) is 4.79 Å². The number of fused-ring (bicyclic) bond motifs is 7. The van der Waals surface area contributed by atoms with E-state index in [0.717, 1.165) is 31.3 Å². The van der Waals surface area contributed by atoms with Gasteiger partial charge in [0.15, 0.2) is 6.29 Å². The van der Waals surface area contributed by atoms with Crippen LogP contribution in [-0.4, -0.2) is 98.8 Å². The number of rotatable bonds is 3. The lowest BCUT2D eigenvalue weighted by molar-refractivity contribution is -0.339. The van der Waals surface area contributed by atoms with Crippen molar-refractivity contribution < 1.29 is 49.6 Å². The Kier molecular flexibility index (Phi) is 8.27. The molecule has 0 aromatic heterocycles. The third-order valence-corrected chi connectivity index (χ3v) is 15.5. The molecule has 1 saturated heterocycles. The molecule has 10 nitrogen and oxygen atoms in total. The molecule has 5 aliphatic carbocycles. The molecular weight excluding hydrogens is 592 g/mol. The lowest BCUT2D eigenvalue weighted by Crippen LogP contribution is -2.73. The van der Waals surface area contributed by atoms with E-state index in [9.17, 15) is 35.4 Å². The lowest BCUT2D eigenvalue weighted by Gasteiger charge is -2.73. The van der Waals surface area contributed by atoms with Gasteiger partial charge in [0.1, 0.15) is 24.4 Å². The van der Waals surface area contributed by atoms with Gasteiger partial charge in [0.05, 0.1) is 36.9 Å². The first-order valence-corrected chi connectivity index (χ1v) is 17.5. The Morgan fingerprint density at radius 1 is 0.891 bits per heavy atom. The van der Waals surface area contributed by atoms with Crippen molar-refractivity contribution in [2.24, 2.45) is 50.7 Å². The van der Waals surface area contributed by atoms with E-state index in [1.165, 1.54) is 7.11 Å². The van der Waals surface area contributed by atoms with Crippen molar-refractivity contribution >= 4 is 5.97 Å². The maximum Gasteiger partial charge on any atom is 0.312 e. The lowest BCUT2D eigenvalue weighted by atomic mass is 9.32. The largest absolute Gasteiger partial charge is 0.469 e. The van der Waals surface area contributed by atoms with Crippen molar-refractivity contribution in [1.82, 2.24) is 0 Å². The summed E-state index contributed by atoms with van der Waals surface area (Å²) in [6.45, 7) is 14.6. The minimum atomic E-state index is -1.50. The van der Waals surface area contributed by atoms with Crippen LogP contribution in [0.15, 0.2) is 11.6 Å². The Morgan fingerprint density at radius 2 is 1.57 bits per heavy atom. The van der Waals surface area contributed by atoms with E-state index in [4.69, 9.17) is 14.2 Å². The van der Waals surface area contributed by atoms with Crippen LogP contribution in [0.4, 0.5) is 0 Å². The molecule has 16 unspecified atom stereocenters. The highest BCUT2D eigenvalue weighted by atomic mass is 16.7. The normalized spacial score (nSPS) is 56.4. The number of carbonyl (C=O) groups excluding carboxylic acids is 1. The van der Waals surface area contributed by atoms with Crippen LogP contribution in [0.1, 0.15) is 93.4 Å². The molecule has 5 fully saturated rings. The molecule has 0 bridgehead atoms. The van der Waals surface area contributed by atoms with Gasteiger partial charge in [0, 0.05) is 11.3 Å². The third-order valence-electron chi connectivity index (χ3n) is 15.5. The summed E-state index contributed by atoms with van der Waals surface area (Å²) in [5, 5.41) is 67.0. The van der Waals surface area contributed by atoms with Gasteiger partial charge in [-0.1, -0.05) is 53.2 Å². The molecule has 1 aliphatic heterocycles. The second-order valence-electron chi connectivity index (χ2n) is 17.5. The van der Waals surface area contributed by atoms with Crippen LogP contribution in [0.2, 0.25) is 0 Å². The Hall–Kier alpha value is -1.11. The van der Waals surface area contributed by atoms with E-state index in [0.29, 0.717) is 19.3 Å². The van der Waals surface area contributed by atoms with Gasteiger partial charge >= 0.3 is 5.97 Å². The van der Waals surface area contributed by atoms with Gasteiger partial charge in [0.2, 0.25) is 0 Å². The molecule has 6 N–H and O–H groups in total. The van der Waals surface area contributed by atoms with Gasteiger partial charge in [-0.2, -0.15) is 0 Å². The summed E-state index contributed by atoms with van der Waals surface area (Å²) in [7, 11) is 1.45. The SMILES string of the molecule is COC(=O)C12CCC(C)C(C)(O)C1C1=CCC3C4(C)C(O)C(O)C(OC5OCC(O)C(O)C5O)C(C)(C)C4CCC3(C)C1(C)CC2. The smallest absolute Gasteiger partial charge is 0.312 e. The number of hydrogen-bond donors (Lipinski definition) is 6. The van der Waals surface area contributed by atoms with Crippen LogP contribution in [0.5, 0.6) is 0 Å². The fourth-order valence-electron chi connectivity index (χ4n) is 12.4. The molecule has 6 rings (SSSR count). The molecule has 1 heterocycles. The van der Waals surface area contributed by atoms with Crippen LogP contribution in [0, 0.1) is 50.7 Å². The van der Waals surface area contributed by atoms with Crippen molar-refractivity contribution in [3.8, 4) is 0 Å². The molecule has 6 aliphatic rings. The zero-order chi connectivity index (χ0) is 34.0. The van der Waals surface area contributed by atoms with Crippen LogP contribution < -0.4 is 0 Å². The minimum Gasteiger partial charge on any atom is -0.469 e. The molecule has 0 radical (unpaired) electrons. The average molecular weight is 651 g/mol. The fraction of sp³-hybridized carbons (Fsp3) is 0.917. The molecule has 0 aromatic rings. The Balaban J connectivity index is 1.38. The first-order chi connectivity index (χ1) is 21.3. The maximum atomic E-state index is 13.6. The molecule has 0 spiro atoms. The van der Waals surface area contributed by atoms with Crippen LogP contribution >= 0.6 is 0 Å². The van der Waals surface area contributed by atoms with E-state index in [-0.39, 0.29) is 47.1 Å². The highest BCUT2D eigenvalue weighted by Gasteiger charge is 2.74. The summed E-state index contributed by atoms with van der Waals surface area (Å²) in [5.41, 5.74) is -2.73. The number of allylic oxidation sites excluding steroid dienone is 1. The van der Waals surface area contributed by atoms with Gasteiger partial charge in [-0.05, 0) is 85.9 Å². The second kappa shape index (κ2) is 10.9.